The van der Waals surface area contributed by atoms with Crippen LogP contribution in [0.5, 0.6) is 5.75 Å². The minimum absolute atomic E-state index is 0.105. The van der Waals surface area contributed by atoms with Crippen molar-refractivity contribution >= 4 is 39.0 Å². The fourth-order valence-corrected chi connectivity index (χ4v) is 11.5. The van der Waals surface area contributed by atoms with Crippen molar-refractivity contribution in [3.05, 3.63) is 70.0 Å². The zero-order valence-corrected chi connectivity index (χ0v) is 32.0. The lowest BCUT2D eigenvalue weighted by atomic mass is 9.68. The normalized spacial score (nSPS) is 34.6. The molecule has 10 nitrogen and oxygen atoms in total. The highest BCUT2D eigenvalue weighted by molar-refractivity contribution is 7.92. The molecule has 2 saturated carbocycles. The van der Waals surface area contributed by atoms with E-state index in [9.17, 15) is 13.8 Å². The first-order chi connectivity index (χ1) is 25.5. The van der Waals surface area contributed by atoms with Crippen LogP contribution in [-0.2, 0) is 34.3 Å². The second-order valence-corrected chi connectivity index (χ2v) is 18.5. The third kappa shape index (κ3) is 7.51. The van der Waals surface area contributed by atoms with Crippen molar-refractivity contribution in [1.29, 1.82) is 0 Å². The second-order valence-electron chi connectivity index (χ2n) is 16.1. The van der Waals surface area contributed by atoms with E-state index in [-0.39, 0.29) is 53.6 Å². The predicted molar refractivity (Wildman–Crippen MR) is 200 cm³/mol. The SMILES string of the molecule is CO[C@H]1/C=C/C[C@H](C)C[S@@](=O)(NC(=O)COC2CCOCC2)=NC(=O)c2ccc3c(c2F)N(C[C@@H]2CC[C@H]21)C[C@]1(CO3)C[C@@H]2CC2c2cc(Cl)ccc21. The molecule has 1 spiro atoms. The molecule has 2 amide bonds. The number of hydrogen-bond donors (Lipinski definition) is 1. The van der Waals surface area contributed by atoms with Gasteiger partial charge in [-0.2, -0.15) is 0 Å². The summed E-state index contributed by atoms with van der Waals surface area (Å²) >= 11 is 6.51. The Morgan fingerprint density at radius 3 is 2.77 bits per heavy atom. The molecule has 13 heteroatoms. The standard InChI is InChI=1S/C40H49ClFN3O7S/c1-24-4-3-5-34(49-2)29-8-6-25(29)19-45-22-40(18-26-16-31(26)32-17-27(41)7-10-33(32)40)23-52-35-11-9-30(37(42)38(35)45)39(47)44-53(48,21-24)43-36(46)20-51-28-12-14-50-15-13-28/h3,5,7,9-11,17,24-26,28-29,31,34H,4,6,8,12-16,18-23H2,1-2H3,(H,43,44,46,47,48)/b5-3+/t24-,25-,26-,29+,31?,34-,40-,53+/m0/s1. The molecule has 286 valence electrons. The number of fused-ring (bicyclic) bond motifs is 6. The number of anilines is 1. The summed E-state index contributed by atoms with van der Waals surface area (Å²) in [6, 6.07) is 9.12. The fraction of sp³-hybridized carbons (Fsp3) is 0.600. The van der Waals surface area contributed by atoms with Gasteiger partial charge in [0.05, 0.1) is 30.1 Å². The lowest BCUT2D eigenvalue weighted by Crippen LogP contribution is -2.50. The molecule has 0 radical (unpaired) electrons. The Labute approximate surface area is 316 Å². The molecule has 3 aliphatic carbocycles. The van der Waals surface area contributed by atoms with Gasteiger partial charge in [-0.15, -0.1) is 4.36 Å². The van der Waals surface area contributed by atoms with Crippen molar-refractivity contribution in [1.82, 2.24) is 4.72 Å². The Kier molecular flexibility index (Phi) is 10.4. The Morgan fingerprint density at radius 2 is 2.00 bits per heavy atom. The number of hydrogen-bond acceptors (Lipinski definition) is 8. The van der Waals surface area contributed by atoms with Gasteiger partial charge in [-0.1, -0.05) is 36.7 Å². The summed E-state index contributed by atoms with van der Waals surface area (Å²) in [5.41, 5.74) is 1.93. The highest BCUT2D eigenvalue weighted by Crippen LogP contribution is 2.61. The number of halogens is 2. The molecule has 8 atom stereocenters. The number of nitrogens with one attached hydrogen (secondary N) is 1. The van der Waals surface area contributed by atoms with E-state index < -0.39 is 33.0 Å². The summed E-state index contributed by atoms with van der Waals surface area (Å²) in [5, 5.41) is 0.706. The van der Waals surface area contributed by atoms with E-state index in [0.717, 1.165) is 25.7 Å². The molecular weight excluding hydrogens is 721 g/mol. The van der Waals surface area contributed by atoms with Crippen LogP contribution in [0.15, 0.2) is 46.8 Å². The Morgan fingerprint density at radius 1 is 1.17 bits per heavy atom. The molecule has 8 rings (SSSR count). The molecule has 3 aliphatic heterocycles. The fourth-order valence-electron chi connectivity index (χ4n) is 9.42. The van der Waals surface area contributed by atoms with Crippen molar-refractivity contribution in [2.24, 2.45) is 28.0 Å². The van der Waals surface area contributed by atoms with Crippen molar-refractivity contribution < 1.29 is 37.1 Å². The number of allylic oxidation sites excluding steroid dienone is 1. The first-order valence-corrected chi connectivity index (χ1v) is 21.1. The van der Waals surface area contributed by atoms with E-state index in [1.165, 1.54) is 17.2 Å². The van der Waals surface area contributed by atoms with Crippen LogP contribution in [0.2, 0.25) is 5.02 Å². The zero-order valence-electron chi connectivity index (χ0n) is 30.4. The molecule has 53 heavy (non-hydrogen) atoms. The van der Waals surface area contributed by atoms with E-state index in [2.05, 4.69) is 32.2 Å². The quantitative estimate of drug-likeness (QED) is 0.339. The third-order valence-electron chi connectivity index (χ3n) is 12.3. The molecule has 3 fully saturated rings. The highest BCUT2D eigenvalue weighted by atomic mass is 35.5. The number of ether oxygens (including phenoxy) is 4. The molecule has 2 aromatic carbocycles. The summed E-state index contributed by atoms with van der Waals surface area (Å²) in [4.78, 5) is 29.2. The Balaban J connectivity index is 1.17. The van der Waals surface area contributed by atoms with Crippen molar-refractivity contribution in [3.63, 3.8) is 0 Å². The average molecular weight is 770 g/mol. The molecule has 0 aromatic heterocycles. The minimum atomic E-state index is -3.68. The maximum absolute atomic E-state index is 17.2. The topological polar surface area (TPSA) is 116 Å². The van der Waals surface area contributed by atoms with Gasteiger partial charge >= 0.3 is 0 Å². The first-order valence-electron chi connectivity index (χ1n) is 19.0. The number of rotatable bonds is 5. The molecular formula is C40H49ClFN3O7S. The summed E-state index contributed by atoms with van der Waals surface area (Å²) in [5.74, 6) is -0.957. The summed E-state index contributed by atoms with van der Waals surface area (Å²) in [6.07, 6.45) is 9.59. The van der Waals surface area contributed by atoms with Gasteiger partial charge in [0.2, 0.25) is 0 Å². The second kappa shape index (κ2) is 14.9. The molecule has 1 unspecified atom stereocenters. The molecule has 1 saturated heterocycles. The van der Waals surface area contributed by atoms with Gasteiger partial charge in [0.15, 0.2) is 5.82 Å². The number of amides is 2. The lowest BCUT2D eigenvalue weighted by Gasteiger charge is -2.46. The minimum Gasteiger partial charge on any atom is -0.490 e. The Bertz CT molecular complexity index is 1910. The first kappa shape index (κ1) is 36.9. The van der Waals surface area contributed by atoms with Gasteiger partial charge in [0.1, 0.15) is 28.0 Å². The van der Waals surface area contributed by atoms with Gasteiger partial charge < -0.3 is 23.8 Å². The van der Waals surface area contributed by atoms with Gasteiger partial charge in [-0.3, -0.25) is 14.3 Å². The van der Waals surface area contributed by atoms with Crippen LogP contribution in [0.3, 0.4) is 0 Å². The van der Waals surface area contributed by atoms with Gasteiger partial charge in [0, 0.05) is 43.9 Å². The molecule has 1 N–H and O–H groups in total. The predicted octanol–water partition coefficient (Wildman–Crippen LogP) is 6.60. The number of benzene rings is 2. The summed E-state index contributed by atoms with van der Waals surface area (Å²) in [6.45, 7) is 4.05. The van der Waals surface area contributed by atoms with Crippen molar-refractivity contribution in [2.45, 2.75) is 75.4 Å². The van der Waals surface area contributed by atoms with Crippen molar-refractivity contribution in [2.75, 3.05) is 57.3 Å². The van der Waals surface area contributed by atoms with E-state index in [1.807, 2.05) is 19.1 Å². The van der Waals surface area contributed by atoms with Crippen LogP contribution in [0.25, 0.3) is 0 Å². The summed E-state index contributed by atoms with van der Waals surface area (Å²) in [7, 11) is -1.96. The third-order valence-corrected chi connectivity index (χ3v) is 14.6. The average Bonchev–Trinajstić information content (AvgIpc) is 3.92. The molecule has 2 aromatic rings. The van der Waals surface area contributed by atoms with E-state index in [0.29, 0.717) is 74.8 Å². The number of methoxy groups -OCH3 is 1. The van der Waals surface area contributed by atoms with Gasteiger partial charge in [0.25, 0.3) is 11.8 Å². The molecule has 3 heterocycles. The molecule has 2 bridgehead atoms. The van der Waals surface area contributed by atoms with Gasteiger partial charge in [-0.05, 0) is 110 Å². The lowest BCUT2D eigenvalue weighted by molar-refractivity contribution is -0.128. The summed E-state index contributed by atoms with van der Waals surface area (Å²) < 4.78 is 61.9. The number of carbonyl (C=O) groups is 2. The monoisotopic (exact) mass is 769 g/mol. The van der Waals surface area contributed by atoms with Crippen LogP contribution < -0.4 is 14.4 Å². The van der Waals surface area contributed by atoms with E-state index in [1.54, 1.807) is 13.2 Å². The maximum atomic E-state index is 17.2. The number of nitrogens with zero attached hydrogens (tertiary/aromatic N) is 2. The Hall–Kier alpha value is -3.03. The smallest absolute Gasteiger partial charge is 0.289 e. The van der Waals surface area contributed by atoms with Crippen molar-refractivity contribution in [3.8, 4) is 5.75 Å². The van der Waals surface area contributed by atoms with Crippen LogP contribution in [0.1, 0.15) is 79.3 Å². The van der Waals surface area contributed by atoms with Crippen LogP contribution in [0.4, 0.5) is 10.1 Å². The van der Waals surface area contributed by atoms with E-state index >= 15 is 4.39 Å². The molecule has 6 aliphatic rings. The van der Waals surface area contributed by atoms with Crippen LogP contribution in [0, 0.1) is 29.5 Å². The van der Waals surface area contributed by atoms with Crippen LogP contribution >= 0.6 is 11.6 Å². The largest absolute Gasteiger partial charge is 0.490 e. The number of carbonyl (C=O) groups excluding carboxylic acids is 2. The zero-order chi connectivity index (χ0) is 36.9. The van der Waals surface area contributed by atoms with Gasteiger partial charge in [-0.25, -0.2) is 8.60 Å². The van der Waals surface area contributed by atoms with E-state index in [4.69, 9.17) is 30.5 Å². The highest BCUT2D eigenvalue weighted by Gasteiger charge is 2.54. The maximum Gasteiger partial charge on any atom is 0.289 e. The van der Waals surface area contributed by atoms with Crippen LogP contribution in [-0.4, -0.2) is 80.6 Å².